The van der Waals surface area contributed by atoms with Gasteiger partial charge in [0.05, 0.1) is 6.54 Å². The van der Waals surface area contributed by atoms with Crippen LogP contribution in [0.25, 0.3) is 0 Å². The topological polar surface area (TPSA) is 69.0 Å². The highest BCUT2D eigenvalue weighted by Gasteiger charge is 2.05. The Balaban J connectivity index is 1.54. The van der Waals surface area contributed by atoms with E-state index in [4.69, 9.17) is 4.74 Å². The fraction of sp³-hybridized carbons (Fsp3) is 0.211. The Labute approximate surface area is 146 Å². The number of nitrogens with one attached hydrogen (secondary N) is 1. The van der Waals surface area contributed by atoms with Crippen LogP contribution in [0.2, 0.25) is 0 Å². The first-order chi connectivity index (χ1) is 12.2. The number of anilines is 1. The maximum absolute atomic E-state index is 12.0. The smallest absolute Gasteiger partial charge is 0.226 e. The number of aromatic nitrogens is 3. The highest BCUT2D eigenvalue weighted by atomic mass is 16.5. The zero-order valence-corrected chi connectivity index (χ0v) is 14.1. The number of amides is 1. The molecule has 0 fully saturated rings. The van der Waals surface area contributed by atoms with Crippen molar-refractivity contribution in [2.75, 3.05) is 5.32 Å². The molecule has 0 saturated carbocycles. The lowest BCUT2D eigenvalue weighted by Crippen LogP contribution is -2.14. The molecule has 3 aromatic rings. The molecule has 0 saturated heterocycles. The highest BCUT2D eigenvalue weighted by molar-refractivity contribution is 5.90. The second-order valence-corrected chi connectivity index (χ2v) is 5.70. The van der Waals surface area contributed by atoms with Crippen LogP contribution in [-0.4, -0.2) is 20.7 Å². The van der Waals surface area contributed by atoms with Crippen LogP contribution in [0.15, 0.2) is 61.2 Å². The van der Waals surface area contributed by atoms with Crippen LogP contribution in [0.5, 0.6) is 5.75 Å². The highest BCUT2D eigenvalue weighted by Crippen LogP contribution is 2.19. The van der Waals surface area contributed by atoms with Gasteiger partial charge in [-0.15, -0.1) is 0 Å². The lowest BCUT2D eigenvalue weighted by Gasteiger charge is -2.10. The minimum Gasteiger partial charge on any atom is -0.489 e. The number of hydrogen-bond donors (Lipinski definition) is 1. The number of benzene rings is 2. The van der Waals surface area contributed by atoms with Crippen molar-refractivity contribution in [1.82, 2.24) is 14.8 Å². The molecular weight excluding hydrogens is 316 g/mol. The first kappa shape index (κ1) is 16.7. The maximum atomic E-state index is 12.0. The van der Waals surface area contributed by atoms with Crippen LogP contribution < -0.4 is 10.1 Å². The number of aryl methyl sites for hydroxylation is 2. The van der Waals surface area contributed by atoms with Crippen molar-refractivity contribution in [3.63, 3.8) is 0 Å². The van der Waals surface area contributed by atoms with E-state index in [9.17, 15) is 4.79 Å². The number of ether oxygens (including phenoxy) is 1. The third-order valence-electron chi connectivity index (χ3n) is 3.81. The fourth-order valence-corrected chi connectivity index (χ4v) is 2.38. The molecule has 6 nitrogen and oxygen atoms in total. The van der Waals surface area contributed by atoms with Crippen LogP contribution in [0, 0.1) is 6.92 Å². The molecule has 0 atom stereocenters. The largest absolute Gasteiger partial charge is 0.489 e. The van der Waals surface area contributed by atoms with Crippen molar-refractivity contribution in [2.24, 2.45) is 0 Å². The Morgan fingerprint density at radius 1 is 1.20 bits per heavy atom. The number of rotatable bonds is 7. The molecule has 3 rings (SSSR count). The van der Waals surface area contributed by atoms with Crippen LogP contribution in [0.1, 0.15) is 17.5 Å². The van der Waals surface area contributed by atoms with E-state index in [0.29, 0.717) is 25.3 Å². The third kappa shape index (κ3) is 4.91. The molecule has 128 valence electrons. The standard InChI is InChI=1S/C19H20N4O2/c1-15-5-2-3-6-16(15)12-25-18-8-4-7-17(11-18)22-19(24)9-10-23-14-20-13-21-23/h2-8,11,13-14H,9-10,12H2,1H3,(H,22,24). The average Bonchev–Trinajstić information content (AvgIpc) is 3.13. The van der Waals surface area contributed by atoms with Gasteiger partial charge < -0.3 is 10.1 Å². The van der Waals surface area contributed by atoms with E-state index >= 15 is 0 Å². The minimum absolute atomic E-state index is 0.0773. The minimum atomic E-state index is -0.0773. The fourth-order valence-electron chi connectivity index (χ4n) is 2.38. The van der Waals surface area contributed by atoms with E-state index < -0.39 is 0 Å². The normalized spacial score (nSPS) is 10.4. The quantitative estimate of drug-likeness (QED) is 0.719. The summed E-state index contributed by atoms with van der Waals surface area (Å²) in [5.41, 5.74) is 3.05. The molecule has 0 aliphatic heterocycles. The van der Waals surface area contributed by atoms with Gasteiger partial charge in [0, 0.05) is 18.2 Å². The van der Waals surface area contributed by atoms with Crippen molar-refractivity contribution < 1.29 is 9.53 Å². The molecule has 0 aliphatic rings. The molecule has 0 spiro atoms. The summed E-state index contributed by atoms with van der Waals surface area (Å²) in [6.45, 7) is 3.05. The SMILES string of the molecule is Cc1ccccc1COc1cccc(NC(=O)CCn2cncn2)c1. The molecular formula is C19H20N4O2. The van der Waals surface area contributed by atoms with Crippen LogP contribution in [0.4, 0.5) is 5.69 Å². The summed E-state index contributed by atoms with van der Waals surface area (Å²) in [4.78, 5) is 15.9. The number of carbonyl (C=O) groups excluding carboxylic acids is 1. The first-order valence-electron chi connectivity index (χ1n) is 8.10. The molecule has 0 unspecified atom stereocenters. The van der Waals surface area contributed by atoms with Crippen molar-refractivity contribution >= 4 is 11.6 Å². The number of nitrogens with zero attached hydrogens (tertiary/aromatic N) is 3. The van der Waals surface area contributed by atoms with E-state index in [1.54, 1.807) is 11.0 Å². The summed E-state index contributed by atoms with van der Waals surface area (Å²) < 4.78 is 7.47. The molecule has 1 heterocycles. The van der Waals surface area contributed by atoms with Gasteiger partial charge in [0.15, 0.2) is 0 Å². The van der Waals surface area contributed by atoms with E-state index in [2.05, 4.69) is 28.4 Å². The molecule has 2 aromatic carbocycles. The molecule has 0 bridgehead atoms. The van der Waals surface area contributed by atoms with Gasteiger partial charge in [0.25, 0.3) is 0 Å². The molecule has 1 N–H and O–H groups in total. The predicted molar refractivity (Wildman–Crippen MR) is 95.2 cm³/mol. The molecule has 0 radical (unpaired) electrons. The van der Waals surface area contributed by atoms with Crippen LogP contribution >= 0.6 is 0 Å². The summed E-state index contributed by atoms with van der Waals surface area (Å²) in [5.74, 6) is 0.642. The Kier molecular flexibility index (Phi) is 5.41. The van der Waals surface area contributed by atoms with Gasteiger partial charge in [-0.1, -0.05) is 30.3 Å². The third-order valence-corrected chi connectivity index (χ3v) is 3.81. The Bertz CT molecular complexity index is 831. The summed E-state index contributed by atoms with van der Waals surface area (Å²) in [5, 5.41) is 6.85. The zero-order valence-electron chi connectivity index (χ0n) is 14.1. The first-order valence-corrected chi connectivity index (χ1v) is 8.10. The average molecular weight is 336 g/mol. The molecule has 0 aliphatic carbocycles. The summed E-state index contributed by atoms with van der Waals surface area (Å²) >= 11 is 0. The molecule has 6 heteroatoms. The summed E-state index contributed by atoms with van der Waals surface area (Å²) in [6.07, 6.45) is 3.37. The van der Waals surface area contributed by atoms with Gasteiger partial charge in [0.2, 0.25) is 5.91 Å². The second-order valence-electron chi connectivity index (χ2n) is 5.70. The van der Waals surface area contributed by atoms with E-state index in [-0.39, 0.29) is 5.91 Å². The van der Waals surface area contributed by atoms with Gasteiger partial charge in [-0.25, -0.2) is 4.98 Å². The predicted octanol–water partition coefficient (Wildman–Crippen LogP) is 3.19. The van der Waals surface area contributed by atoms with Crippen molar-refractivity contribution in [3.05, 3.63) is 72.3 Å². The Morgan fingerprint density at radius 2 is 2.08 bits per heavy atom. The zero-order chi connectivity index (χ0) is 17.5. The van der Waals surface area contributed by atoms with Gasteiger partial charge >= 0.3 is 0 Å². The van der Waals surface area contributed by atoms with E-state index in [1.165, 1.54) is 11.9 Å². The van der Waals surface area contributed by atoms with Crippen molar-refractivity contribution in [3.8, 4) is 5.75 Å². The van der Waals surface area contributed by atoms with Crippen LogP contribution in [-0.2, 0) is 17.9 Å². The number of hydrogen-bond acceptors (Lipinski definition) is 4. The van der Waals surface area contributed by atoms with Crippen molar-refractivity contribution in [2.45, 2.75) is 26.5 Å². The Morgan fingerprint density at radius 3 is 2.88 bits per heavy atom. The van der Waals surface area contributed by atoms with E-state index in [1.807, 2.05) is 42.5 Å². The molecule has 1 amide bonds. The number of carbonyl (C=O) groups is 1. The monoisotopic (exact) mass is 336 g/mol. The summed E-state index contributed by atoms with van der Waals surface area (Å²) in [7, 11) is 0. The van der Waals surface area contributed by atoms with Crippen molar-refractivity contribution in [1.29, 1.82) is 0 Å². The Hall–Kier alpha value is -3.15. The lowest BCUT2D eigenvalue weighted by molar-refractivity contribution is -0.116. The molecule has 25 heavy (non-hydrogen) atoms. The van der Waals surface area contributed by atoms with E-state index in [0.717, 1.165) is 11.3 Å². The van der Waals surface area contributed by atoms with Gasteiger partial charge in [-0.05, 0) is 30.2 Å². The molecule has 1 aromatic heterocycles. The van der Waals surface area contributed by atoms with Gasteiger partial charge in [0.1, 0.15) is 25.0 Å². The maximum Gasteiger partial charge on any atom is 0.226 e. The second kappa shape index (κ2) is 8.10. The van der Waals surface area contributed by atoms with Crippen LogP contribution in [0.3, 0.4) is 0 Å². The van der Waals surface area contributed by atoms with Gasteiger partial charge in [-0.2, -0.15) is 5.10 Å². The van der Waals surface area contributed by atoms with Gasteiger partial charge in [-0.3, -0.25) is 9.48 Å². The summed E-state index contributed by atoms with van der Waals surface area (Å²) in [6, 6.07) is 15.5. The lowest BCUT2D eigenvalue weighted by atomic mass is 10.1.